The zero-order valence-electron chi connectivity index (χ0n) is 9.33. The Hall–Kier alpha value is -0.680. The van der Waals surface area contributed by atoms with Crippen molar-refractivity contribution in [3.63, 3.8) is 0 Å². The summed E-state index contributed by atoms with van der Waals surface area (Å²) in [6.07, 6.45) is 0.939. The van der Waals surface area contributed by atoms with Crippen molar-refractivity contribution in [1.29, 1.82) is 0 Å². The molecule has 0 aromatic carbocycles. The second-order valence-electron chi connectivity index (χ2n) is 3.90. The number of rotatable bonds is 3. The third-order valence-corrected chi connectivity index (χ3v) is 3.21. The quantitative estimate of drug-likeness (QED) is 0.644. The van der Waals surface area contributed by atoms with Crippen LogP contribution in [0.5, 0.6) is 0 Å². The zero-order chi connectivity index (χ0) is 11.4. The third-order valence-electron chi connectivity index (χ3n) is 2.62. The molecule has 0 aromatic heterocycles. The molecule has 0 fully saturated rings. The number of carbonyl (C=O) groups is 1. The van der Waals surface area contributed by atoms with Gasteiger partial charge < -0.3 is 15.2 Å². The highest BCUT2D eigenvalue weighted by atomic mass is 32.2. The fraction of sp³-hybridized carbons (Fsp3) is 0.700. The van der Waals surface area contributed by atoms with Crippen LogP contribution in [0.4, 0.5) is 0 Å². The number of hydrogen-bond acceptors (Lipinski definition) is 4. The van der Waals surface area contributed by atoms with Gasteiger partial charge in [-0.1, -0.05) is 13.8 Å². The molecule has 86 valence electrons. The number of allylic oxidation sites excluding steroid dienone is 1. The molecule has 0 spiro atoms. The summed E-state index contributed by atoms with van der Waals surface area (Å²) in [5.41, 5.74) is 0.854. The van der Waals surface area contributed by atoms with Gasteiger partial charge >= 0.3 is 0 Å². The van der Waals surface area contributed by atoms with Crippen molar-refractivity contribution >= 4 is 17.9 Å². The second-order valence-corrected chi connectivity index (χ2v) is 4.49. The van der Waals surface area contributed by atoms with Gasteiger partial charge in [0, 0.05) is 30.3 Å². The molecule has 0 saturated carbocycles. The molecule has 15 heavy (non-hydrogen) atoms. The van der Waals surface area contributed by atoms with E-state index < -0.39 is 0 Å². The normalized spacial score (nSPS) is 24.3. The lowest BCUT2D eigenvalue weighted by Gasteiger charge is -2.16. The molecular formula is C10H18N2O2S. The van der Waals surface area contributed by atoms with Crippen LogP contribution in [0, 0.1) is 5.92 Å². The minimum atomic E-state index is -0.185. The summed E-state index contributed by atoms with van der Waals surface area (Å²) in [4.78, 5) is 12.1. The average molecular weight is 230 g/mol. The van der Waals surface area contributed by atoms with E-state index in [2.05, 4.69) is 17.6 Å². The van der Waals surface area contributed by atoms with E-state index in [1.165, 1.54) is 0 Å². The first-order chi connectivity index (χ1) is 7.10. The fourth-order valence-electron chi connectivity index (χ4n) is 1.50. The van der Waals surface area contributed by atoms with Gasteiger partial charge in [0.15, 0.2) is 0 Å². The number of amides is 1. The Morgan fingerprint density at radius 2 is 2.33 bits per heavy atom. The van der Waals surface area contributed by atoms with E-state index in [-0.39, 0.29) is 17.9 Å². The van der Waals surface area contributed by atoms with Gasteiger partial charge in [0.1, 0.15) is 4.91 Å². The maximum Gasteiger partial charge on any atom is 0.262 e. The maximum atomic E-state index is 11.7. The summed E-state index contributed by atoms with van der Waals surface area (Å²) in [6.45, 7) is 6.74. The standard InChI is InChI=1S/C10H18N2O2S/c1-4-6(2)8-9(15-14)10(13)12-7(3)5-11-8/h6-7,11,14H,4-5H2,1-3H3,(H,12,13)/t6?,7-/m1/s1. The molecule has 1 unspecified atom stereocenters. The van der Waals surface area contributed by atoms with Gasteiger partial charge in [-0.3, -0.25) is 4.79 Å². The molecule has 2 atom stereocenters. The van der Waals surface area contributed by atoms with Crippen LogP contribution in [-0.4, -0.2) is 23.0 Å². The van der Waals surface area contributed by atoms with E-state index in [1.807, 2.05) is 13.8 Å². The summed E-state index contributed by atoms with van der Waals surface area (Å²) in [5.74, 6) is 0.0750. The van der Waals surface area contributed by atoms with Crippen molar-refractivity contribution in [1.82, 2.24) is 10.6 Å². The third kappa shape index (κ3) is 2.89. The van der Waals surface area contributed by atoms with Gasteiger partial charge in [-0.05, 0) is 19.3 Å². The van der Waals surface area contributed by atoms with Crippen LogP contribution < -0.4 is 10.6 Å². The van der Waals surface area contributed by atoms with Crippen LogP contribution in [0.25, 0.3) is 0 Å². The van der Waals surface area contributed by atoms with Crippen LogP contribution in [0.2, 0.25) is 0 Å². The zero-order valence-corrected chi connectivity index (χ0v) is 10.1. The summed E-state index contributed by atoms with van der Waals surface area (Å²) < 4.78 is 9.15. The van der Waals surface area contributed by atoms with E-state index in [1.54, 1.807) is 0 Å². The van der Waals surface area contributed by atoms with Crippen LogP contribution in [-0.2, 0) is 4.79 Å². The first-order valence-electron chi connectivity index (χ1n) is 5.20. The van der Waals surface area contributed by atoms with Gasteiger partial charge in [-0.25, -0.2) is 0 Å². The van der Waals surface area contributed by atoms with Crippen molar-refractivity contribution in [2.24, 2.45) is 5.92 Å². The molecular weight excluding hydrogens is 212 g/mol. The predicted molar refractivity (Wildman–Crippen MR) is 62.3 cm³/mol. The molecule has 1 aliphatic rings. The smallest absolute Gasteiger partial charge is 0.262 e. The molecule has 1 amide bonds. The molecule has 0 aliphatic carbocycles. The second kappa shape index (κ2) is 5.42. The van der Waals surface area contributed by atoms with Crippen molar-refractivity contribution in [3.05, 3.63) is 10.6 Å². The van der Waals surface area contributed by atoms with Crippen LogP contribution in [0.3, 0.4) is 0 Å². The van der Waals surface area contributed by atoms with E-state index >= 15 is 0 Å². The molecule has 1 aliphatic heterocycles. The highest BCUT2D eigenvalue weighted by Gasteiger charge is 2.24. The summed E-state index contributed by atoms with van der Waals surface area (Å²) >= 11 is 0.526. The van der Waals surface area contributed by atoms with E-state index in [0.29, 0.717) is 23.5 Å². The van der Waals surface area contributed by atoms with Crippen molar-refractivity contribution in [2.75, 3.05) is 6.54 Å². The topological polar surface area (TPSA) is 61.4 Å². The van der Waals surface area contributed by atoms with Gasteiger partial charge in [0.2, 0.25) is 0 Å². The molecule has 0 bridgehead atoms. The summed E-state index contributed by atoms with van der Waals surface area (Å²) in [7, 11) is 0. The lowest BCUT2D eigenvalue weighted by molar-refractivity contribution is -0.117. The van der Waals surface area contributed by atoms with Crippen LogP contribution in [0.1, 0.15) is 27.2 Å². The minimum Gasteiger partial charge on any atom is -0.385 e. The van der Waals surface area contributed by atoms with Gasteiger partial charge in [0.05, 0.1) is 0 Å². The summed E-state index contributed by atoms with van der Waals surface area (Å²) in [6, 6.07) is 0.0845. The Balaban J connectivity index is 2.98. The van der Waals surface area contributed by atoms with Crippen LogP contribution >= 0.6 is 12.0 Å². The highest BCUT2D eigenvalue weighted by molar-refractivity contribution is 7.98. The van der Waals surface area contributed by atoms with Crippen molar-refractivity contribution < 1.29 is 9.35 Å². The molecule has 5 heteroatoms. The highest BCUT2D eigenvalue weighted by Crippen LogP contribution is 2.24. The number of hydrogen-bond donors (Lipinski definition) is 3. The average Bonchev–Trinajstić information content (AvgIpc) is 2.35. The predicted octanol–water partition coefficient (Wildman–Crippen LogP) is 1.56. The van der Waals surface area contributed by atoms with E-state index in [9.17, 15) is 4.79 Å². The Morgan fingerprint density at radius 3 is 2.87 bits per heavy atom. The Morgan fingerprint density at radius 1 is 1.67 bits per heavy atom. The number of carbonyl (C=O) groups excluding carboxylic acids is 1. The van der Waals surface area contributed by atoms with E-state index in [4.69, 9.17) is 4.55 Å². The first kappa shape index (κ1) is 12.4. The fourth-order valence-corrected chi connectivity index (χ4v) is 2.01. The molecule has 1 rings (SSSR count). The Bertz CT molecular complexity index is 279. The van der Waals surface area contributed by atoms with E-state index in [0.717, 1.165) is 12.1 Å². The van der Waals surface area contributed by atoms with Crippen molar-refractivity contribution in [3.8, 4) is 0 Å². The Kier molecular flexibility index (Phi) is 4.47. The van der Waals surface area contributed by atoms with Gasteiger partial charge in [-0.15, -0.1) is 0 Å². The molecule has 0 saturated heterocycles. The molecule has 0 aromatic rings. The number of nitrogens with one attached hydrogen (secondary N) is 2. The minimum absolute atomic E-state index is 0.0845. The van der Waals surface area contributed by atoms with Crippen molar-refractivity contribution in [2.45, 2.75) is 33.2 Å². The summed E-state index contributed by atoms with van der Waals surface area (Å²) in [5, 5.41) is 6.04. The SMILES string of the molecule is CCC(C)C1=C(SO)C(=O)N[C@H](C)CN1. The van der Waals surface area contributed by atoms with Gasteiger partial charge in [-0.2, -0.15) is 0 Å². The molecule has 3 N–H and O–H groups in total. The molecule has 0 radical (unpaired) electrons. The largest absolute Gasteiger partial charge is 0.385 e. The monoisotopic (exact) mass is 230 g/mol. The Labute approximate surface area is 94.7 Å². The lowest BCUT2D eigenvalue weighted by Crippen LogP contribution is -2.36. The van der Waals surface area contributed by atoms with Gasteiger partial charge in [0.25, 0.3) is 5.91 Å². The molecule has 1 heterocycles. The van der Waals surface area contributed by atoms with Crippen LogP contribution in [0.15, 0.2) is 10.6 Å². The molecule has 4 nitrogen and oxygen atoms in total. The first-order valence-corrected chi connectivity index (χ1v) is 5.97. The maximum absolute atomic E-state index is 11.7. The lowest BCUT2D eigenvalue weighted by atomic mass is 10.0.